The van der Waals surface area contributed by atoms with Crippen LogP contribution in [0.25, 0.3) is 11.4 Å². The van der Waals surface area contributed by atoms with Crippen LogP contribution in [-0.4, -0.2) is 39.3 Å². The number of aliphatic hydroxyl groups is 1. The van der Waals surface area contributed by atoms with E-state index < -0.39 is 0 Å². The second-order valence-electron chi connectivity index (χ2n) is 5.65. The maximum atomic E-state index is 9.19. The van der Waals surface area contributed by atoms with Gasteiger partial charge in [0, 0.05) is 23.2 Å². The normalized spacial score (nSPS) is 19.5. The van der Waals surface area contributed by atoms with E-state index in [0.717, 1.165) is 24.9 Å². The average molecular weight is 322 g/mol. The van der Waals surface area contributed by atoms with Gasteiger partial charge in [0.2, 0.25) is 11.7 Å². The van der Waals surface area contributed by atoms with Crippen LogP contribution in [0.5, 0.6) is 0 Å². The van der Waals surface area contributed by atoms with E-state index in [1.54, 1.807) is 0 Å². The first-order valence-electron chi connectivity index (χ1n) is 7.69. The average Bonchev–Trinajstić information content (AvgIpc) is 2.99. The summed E-state index contributed by atoms with van der Waals surface area (Å²) >= 11 is 5.89. The lowest BCUT2D eigenvalue weighted by molar-refractivity contribution is 0.100. The molecule has 0 amide bonds. The highest BCUT2D eigenvalue weighted by Gasteiger charge is 2.23. The number of hydrogen-bond donors (Lipinski definition) is 1. The van der Waals surface area contributed by atoms with Gasteiger partial charge in [-0.05, 0) is 50.1 Å². The quantitative estimate of drug-likeness (QED) is 0.916. The van der Waals surface area contributed by atoms with Gasteiger partial charge >= 0.3 is 0 Å². The van der Waals surface area contributed by atoms with Crippen molar-refractivity contribution < 1.29 is 9.63 Å². The Morgan fingerprint density at radius 3 is 2.86 bits per heavy atom. The molecule has 0 aliphatic carbocycles. The molecule has 0 radical (unpaired) electrons. The molecule has 118 valence electrons. The fraction of sp³-hybridized carbons (Fsp3) is 0.500. The van der Waals surface area contributed by atoms with Crippen molar-refractivity contribution in [1.82, 2.24) is 15.0 Å². The minimum atomic E-state index is 0.223. The molecule has 1 atom stereocenters. The van der Waals surface area contributed by atoms with E-state index in [2.05, 4.69) is 15.0 Å². The Hall–Kier alpha value is -1.43. The lowest BCUT2D eigenvalue weighted by atomic mass is 10.00. The number of likely N-dealkylation sites (tertiary alicyclic amines) is 1. The van der Waals surface area contributed by atoms with Gasteiger partial charge in [-0.3, -0.25) is 4.90 Å². The van der Waals surface area contributed by atoms with Crippen LogP contribution >= 0.6 is 11.6 Å². The van der Waals surface area contributed by atoms with Crippen LogP contribution in [-0.2, 0) is 6.54 Å². The summed E-state index contributed by atoms with van der Waals surface area (Å²) < 4.78 is 5.38. The molecule has 0 saturated carbocycles. The minimum Gasteiger partial charge on any atom is -0.396 e. The summed E-state index contributed by atoms with van der Waals surface area (Å²) in [6.07, 6.45) is 4.33. The Balaban J connectivity index is 1.69. The van der Waals surface area contributed by atoms with Crippen molar-refractivity contribution >= 4 is 11.6 Å². The third-order valence-corrected chi connectivity index (χ3v) is 4.37. The molecule has 3 rings (SSSR count). The SMILES string of the molecule is OCCC1CCCCN1Cc1nc(-c2ccc(Cl)cc2)no1. The molecular formula is C16H20ClN3O2. The van der Waals surface area contributed by atoms with Gasteiger partial charge in [-0.15, -0.1) is 0 Å². The summed E-state index contributed by atoms with van der Waals surface area (Å²) in [5.41, 5.74) is 0.893. The number of hydrogen-bond acceptors (Lipinski definition) is 5. The molecule has 0 bridgehead atoms. The standard InChI is InChI=1S/C16H20ClN3O2/c17-13-6-4-12(5-7-13)16-18-15(22-19-16)11-20-9-2-1-3-14(20)8-10-21/h4-7,14,21H,1-3,8-11H2. The van der Waals surface area contributed by atoms with Gasteiger partial charge < -0.3 is 9.63 Å². The predicted molar refractivity (Wildman–Crippen MR) is 84.5 cm³/mol. The number of aliphatic hydroxyl groups excluding tert-OH is 1. The van der Waals surface area contributed by atoms with E-state index in [1.807, 2.05) is 24.3 Å². The fourth-order valence-corrected chi connectivity index (χ4v) is 3.08. The van der Waals surface area contributed by atoms with Gasteiger partial charge in [-0.25, -0.2) is 0 Å². The van der Waals surface area contributed by atoms with E-state index in [4.69, 9.17) is 16.1 Å². The molecule has 6 heteroatoms. The topological polar surface area (TPSA) is 62.4 Å². The smallest absolute Gasteiger partial charge is 0.241 e. The summed E-state index contributed by atoms with van der Waals surface area (Å²) in [4.78, 5) is 6.81. The molecule has 1 unspecified atom stereocenters. The molecule has 2 heterocycles. The van der Waals surface area contributed by atoms with Crippen molar-refractivity contribution in [3.8, 4) is 11.4 Å². The third kappa shape index (κ3) is 3.66. The number of rotatable bonds is 5. The van der Waals surface area contributed by atoms with Crippen LogP contribution < -0.4 is 0 Å². The molecule has 1 aliphatic heterocycles. The Morgan fingerprint density at radius 2 is 2.09 bits per heavy atom. The number of piperidine rings is 1. The molecule has 1 fully saturated rings. The first-order chi connectivity index (χ1) is 10.8. The van der Waals surface area contributed by atoms with E-state index in [1.165, 1.54) is 12.8 Å². The van der Waals surface area contributed by atoms with Crippen molar-refractivity contribution in [2.24, 2.45) is 0 Å². The number of aromatic nitrogens is 2. The highest BCUT2D eigenvalue weighted by molar-refractivity contribution is 6.30. The maximum Gasteiger partial charge on any atom is 0.241 e. The third-order valence-electron chi connectivity index (χ3n) is 4.12. The maximum absolute atomic E-state index is 9.19. The lowest BCUT2D eigenvalue weighted by Gasteiger charge is -2.34. The Kier molecular flexibility index (Phi) is 5.08. The van der Waals surface area contributed by atoms with E-state index in [9.17, 15) is 5.11 Å². The summed E-state index contributed by atoms with van der Waals surface area (Å²) in [6, 6.07) is 7.80. The largest absolute Gasteiger partial charge is 0.396 e. The van der Waals surface area contributed by atoms with Gasteiger partial charge in [-0.1, -0.05) is 23.2 Å². The Labute approximate surface area is 134 Å². The monoisotopic (exact) mass is 321 g/mol. The fourth-order valence-electron chi connectivity index (χ4n) is 2.95. The number of halogens is 1. The molecule has 1 aromatic heterocycles. The molecular weight excluding hydrogens is 302 g/mol. The molecule has 1 aliphatic rings. The zero-order valence-corrected chi connectivity index (χ0v) is 13.2. The number of benzene rings is 1. The van der Waals surface area contributed by atoms with Crippen LogP contribution in [0.2, 0.25) is 5.02 Å². The first kappa shape index (κ1) is 15.5. The zero-order chi connectivity index (χ0) is 15.4. The van der Waals surface area contributed by atoms with Crippen LogP contribution in [0, 0.1) is 0 Å². The van der Waals surface area contributed by atoms with Crippen LogP contribution in [0.3, 0.4) is 0 Å². The molecule has 1 aromatic carbocycles. The van der Waals surface area contributed by atoms with E-state index >= 15 is 0 Å². The van der Waals surface area contributed by atoms with Crippen LogP contribution in [0.1, 0.15) is 31.6 Å². The van der Waals surface area contributed by atoms with Gasteiger partial charge in [-0.2, -0.15) is 4.98 Å². The van der Waals surface area contributed by atoms with Crippen molar-refractivity contribution in [2.75, 3.05) is 13.2 Å². The van der Waals surface area contributed by atoms with Crippen molar-refractivity contribution in [3.63, 3.8) is 0 Å². The predicted octanol–water partition coefficient (Wildman–Crippen LogP) is 3.13. The molecule has 22 heavy (non-hydrogen) atoms. The molecule has 0 spiro atoms. The summed E-state index contributed by atoms with van der Waals surface area (Å²) in [5, 5.41) is 13.9. The Morgan fingerprint density at radius 1 is 1.27 bits per heavy atom. The highest BCUT2D eigenvalue weighted by Crippen LogP contribution is 2.23. The molecule has 2 aromatic rings. The van der Waals surface area contributed by atoms with Crippen molar-refractivity contribution in [3.05, 3.63) is 35.2 Å². The Bertz CT molecular complexity index is 598. The summed E-state index contributed by atoms with van der Waals surface area (Å²) in [7, 11) is 0. The van der Waals surface area contributed by atoms with Gasteiger partial charge in [0.15, 0.2) is 0 Å². The lowest BCUT2D eigenvalue weighted by Crippen LogP contribution is -2.39. The van der Waals surface area contributed by atoms with E-state index in [-0.39, 0.29) is 6.61 Å². The van der Waals surface area contributed by atoms with Gasteiger partial charge in [0.25, 0.3) is 0 Å². The molecule has 1 saturated heterocycles. The molecule has 5 nitrogen and oxygen atoms in total. The zero-order valence-electron chi connectivity index (χ0n) is 12.4. The van der Waals surface area contributed by atoms with Crippen molar-refractivity contribution in [2.45, 2.75) is 38.3 Å². The van der Waals surface area contributed by atoms with Gasteiger partial charge in [0.05, 0.1) is 6.54 Å². The van der Waals surface area contributed by atoms with E-state index in [0.29, 0.717) is 29.3 Å². The summed E-state index contributed by atoms with van der Waals surface area (Å²) in [6.45, 7) is 1.88. The molecule has 1 N–H and O–H groups in total. The van der Waals surface area contributed by atoms with Gasteiger partial charge in [0.1, 0.15) is 0 Å². The second kappa shape index (κ2) is 7.22. The van der Waals surface area contributed by atoms with Crippen molar-refractivity contribution in [1.29, 1.82) is 0 Å². The van der Waals surface area contributed by atoms with Crippen LogP contribution in [0.15, 0.2) is 28.8 Å². The number of nitrogens with zero attached hydrogens (tertiary/aromatic N) is 3. The second-order valence-corrected chi connectivity index (χ2v) is 6.09. The summed E-state index contributed by atoms with van der Waals surface area (Å²) in [5.74, 6) is 1.21. The van der Waals surface area contributed by atoms with Crippen LogP contribution in [0.4, 0.5) is 0 Å². The minimum absolute atomic E-state index is 0.223. The first-order valence-corrected chi connectivity index (χ1v) is 8.07. The highest BCUT2D eigenvalue weighted by atomic mass is 35.5.